The molecule has 0 amide bonds. The molecule has 0 N–H and O–H groups in total. The molecule has 5 aromatic rings. The summed E-state index contributed by atoms with van der Waals surface area (Å²) in [7, 11) is 3.44. The fourth-order valence-corrected chi connectivity index (χ4v) is 4.33. The van der Waals surface area contributed by atoms with E-state index in [-0.39, 0.29) is 0 Å². The average molecular weight is 414 g/mol. The van der Waals surface area contributed by atoms with E-state index in [0.717, 1.165) is 49.3 Å². The highest BCUT2D eigenvalue weighted by molar-refractivity contribution is 7.07. The Morgan fingerprint density at radius 2 is 1.80 bits per heavy atom. The molecule has 5 nitrogen and oxygen atoms in total. The lowest BCUT2D eigenvalue weighted by Crippen LogP contribution is -2.11. The third kappa shape index (κ3) is 3.11. The molecular weight excluding hydrogens is 394 g/mol. The minimum atomic E-state index is 0.754. The first-order chi connectivity index (χ1) is 14.8. The zero-order valence-corrected chi connectivity index (χ0v) is 17.4. The summed E-state index contributed by atoms with van der Waals surface area (Å²) in [4.78, 5) is 5.16. The molecule has 6 heteroatoms. The van der Waals surface area contributed by atoms with Gasteiger partial charge in [0.05, 0.1) is 13.3 Å². The molecule has 0 atom stereocenters. The van der Waals surface area contributed by atoms with E-state index in [1.54, 1.807) is 14.2 Å². The van der Waals surface area contributed by atoms with Crippen molar-refractivity contribution in [1.82, 2.24) is 4.68 Å². The van der Waals surface area contributed by atoms with Crippen molar-refractivity contribution in [2.24, 2.45) is 10.1 Å². The Balaban J connectivity index is 1.67. The third-order valence-corrected chi connectivity index (χ3v) is 5.91. The molecule has 2 aromatic heterocycles. The fraction of sp³-hybridized carbons (Fsp3) is 0.0833. The number of fused-ring (bicyclic) bond motifs is 2. The summed E-state index contributed by atoms with van der Waals surface area (Å²) >= 11 is 1.52. The van der Waals surface area contributed by atoms with E-state index in [4.69, 9.17) is 14.3 Å². The number of nitrogens with zero attached hydrogens (tertiary/aromatic N) is 3. The van der Waals surface area contributed by atoms with Gasteiger partial charge in [-0.05, 0) is 29.0 Å². The lowest BCUT2D eigenvalue weighted by atomic mass is 10.0. The number of benzene rings is 3. The van der Waals surface area contributed by atoms with E-state index >= 15 is 0 Å². The van der Waals surface area contributed by atoms with Gasteiger partial charge in [-0.3, -0.25) is 4.99 Å². The first-order valence-corrected chi connectivity index (χ1v) is 10.4. The second kappa shape index (κ2) is 7.65. The van der Waals surface area contributed by atoms with Crippen molar-refractivity contribution in [1.29, 1.82) is 0 Å². The van der Waals surface area contributed by atoms with Crippen molar-refractivity contribution in [3.63, 3.8) is 0 Å². The molecular formula is C24H19N3O2S. The van der Waals surface area contributed by atoms with Gasteiger partial charge in [0.1, 0.15) is 17.0 Å². The van der Waals surface area contributed by atoms with Crippen molar-refractivity contribution >= 4 is 39.3 Å². The van der Waals surface area contributed by atoms with Crippen molar-refractivity contribution in [2.75, 3.05) is 14.2 Å². The summed E-state index contributed by atoms with van der Waals surface area (Å²) in [6.07, 6.45) is 1.83. The monoisotopic (exact) mass is 413 g/mol. The van der Waals surface area contributed by atoms with Crippen LogP contribution in [-0.2, 0) is 0 Å². The van der Waals surface area contributed by atoms with Crippen LogP contribution in [0.4, 0.5) is 0 Å². The maximum Gasteiger partial charge on any atom is 0.206 e. The molecule has 0 saturated carbocycles. The molecule has 2 heterocycles. The Hall–Kier alpha value is -3.64. The third-order valence-electron chi connectivity index (χ3n) is 5.01. The van der Waals surface area contributed by atoms with E-state index in [1.165, 1.54) is 11.3 Å². The van der Waals surface area contributed by atoms with E-state index in [1.807, 2.05) is 64.8 Å². The Kier molecular flexibility index (Phi) is 4.69. The number of methoxy groups -OCH3 is 1. The quantitative estimate of drug-likeness (QED) is 0.363. The first-order valence-electron chi connectivity index (χ1n) is 9.51. The van der Waals surface area contributed by atoms with Crippen LogP contribution in [0.15, 0.2) is 86.6 Å². The van der Waals surface area contributed by atoms with Crippen molar-refractivity contribution in [2.45, 2.75) is 0 Å². The van der Waals surface area contributed by atoms with E-state index in [9.17, 15) is 0 Å². The highest BCUT2D eigenvalue weighted by atomic mass is 32.1. The number of ether oxygens (including phenoxy) is 1. The van der Waals surface area contributed by atoms with E-state index in [0.29, 0.717) is 0 Å². The van der Waals surface area contributed by atoms with Crippen LogP contribution in [0.1, 0.15) is 5.56 Å². The van der Waals surface area contributed by atoms with Crippen LogP contribution in [0.2, 0.25) is 0 Å². The summed E-state index contributed by atoms with van der Waals surface area (Å²) in [5.41, 5.74) is 2.62. The number of aromatic nitrogens is 1. The second-order valence-electron chi connectivity index (χ2n) is 6.73. The summed E-state index contributed by atoms with van der Waals surface area (Å²) < 4.78 is 13.5. The van der Waals surface area contributed by atoms with E-state index < -0.39 is 0 Å². The number of hydrogen-bond acceptors (Lipinski definition) is 5. The van der Waals surface area contributed by atoms with E-state index in [2.05, 4.69) is 23.2 Å². The van der Waals surface area contributed by atoms with Crippen LogP contribution in [-0.4, -0.2) is 25.0 Å². The predicted molar refractivity (Wildman–Crippen MR) is 122 cm³/mol. The number of rotatable bonds is 4. The van der Waals surface area contributed by atoms with Crippen molar-refractivity contribution in [3.8, 4) is 17.2 Å². The van der Waals surface area contributed by atoms with Gasteiger partial charge in [-0.1, -0.05) is 48.5 Å². The summed E-state index contributed by atoms with van der Waals surface area (Å²) in [6.45, 7) is 0. The molecule has 3 aromatic carbocycles. The highest BCUT2D eigenvalue weighted by Crippen LogP contribution is 2.29. The van der Waals surface area contributed by atoms with Gasteiger partial charge in [-0.2, -0.15) is 5.10 Å². The smallest absolute Gasteiger partial charge is 0.206 e. The number of hydrogen-bond donors (Lipinski definition) is 0. The van der Waals surface area contributed by atoms with Crippen LogP contribution < -0.4 is 9.54 Å². The standard InChI is InChI=1S/C24H19N3O2S/c1-25-24-27(20(15-30-24)23-13-17-8-4-6-10-21(17)29-23)26-14-19-18-9-5-3-7-16(18)11-12-22(19)28-2/h3-15H,1-2H3/b25-24?,26-14+. The van der Waals surface area contributed by atoms with Gasteiger partial charge in [0.2, 0.25) is 4.80 Å². The summed E-state index contributed by atoms with van der Waals surface area (Å²) in [5, 5.41) is 10.1. The lowest BCUT2D eigenvalue weighted by molar-refractivity contribution is 0.415. The Bertz CT molecular complexity index is 1420. The summed E-state index contributed by atoms with van der Waals surface area (Å²) in [6, 6.07) is 22.2. The van der Waals surface area contributed by atoms with Crippen molar-refractivity contribution in [3.05, 3.63) is 82.5 Å². The fourth-order valence-electron chi connectivity index (χ4n) is 3.54. The molecule has 148 valence electrons. The normalized spacial score (nSPS) is 12.4. The van der Waals surface area contributed by atoms with Gasteiger partial charge >= 0.3 is 0 Å². The first kappa shape index (κ1) is 18.4. The van der Waals surface area contributed by atoms with Crippen LogP contribution in [0.5, 0.6) is 5.75 Å². The molecule has 0 aliphatic carbocycles. The molecule has 30 heavy (non-hydrogen) atoms. The lowest BCUT2D eigenvalue weighted by Gasteiger charge is -2.08. The largest absolute Gasteiger partial charge is 0.496 e. The number of para-hydroxylation sites is 1. The number of furan rings is 1. The van der Waals surface area contributed by atoms with Crippen LogP contribution >= 0.6 is 11.3 Å². The van der Waals surface area contributed by atoms with Gasteiger partial charge in [-0.25, -0.2) is 4.68 Å². The maximum absolute atomic E-state index is 6.07. The Morgan fingerprint density at radius 1 is 1.00 bits per heavy atom. The van der Waals surface area contributed by atoms with Gasteiger partial charge in [0.25, 0.3) is 0 Å². The zero-order valence-electron chi connectivity index (χ0n) is 16.6. The van der Waals surface area contributed by atoms with Gasteiger partial charge in [0, 0.05) is 23.4 Å². The molecule has 0 radical (unpaired) electrons. The molecule has 0 fully saturated rings. The van der Waals surface area contributed by atoms with Crippen LogP contribution in [0.3, 0.4) is 0 Å². The Labute approximate surface area is 177 Å². The van der Waals surface area contributed by atoms with Crippen molar-refractivity contribution < 1.29 is 9.15 Å². The molecule has 0 saturated heterocycles. The van der Waals surface area contributed by atoms with Crippen LogP contribution in [0.25, 0.3) is 33.2 Å². The van der Waals surface area contributed by atoms with Gasteiger partial charge in [-0.15, -0.1) is 11.3 Å². The van der Waals surface area contributed by atoms with Crippen LogP contribution in [0, 0.1) is 0 Å². The molecule has 5 rings (SSSR count). The molecule has 0 spiro atoms. The molecule has 0 aliphatic rings. The minimum absolute atomic E-state index is 0.754. The topological polar surface area (TPSA) is 52.0 Å². The number of thiazole rings is 1. The van der Waals surface area contributed by atoms with Gasteiger partial charge in [0.15, 0.2) is 5.76 Å². The Morgan fingerprint density at radius 3 is 2.60 bits per heavy atom. The second-order valence-corrected chi connectivity index (χ2v) is 7.57. The molecule has 0 bridgehead atoms. The highest BCUT2D eigenvalue weighted by Gasteiger charge is 2.13. The average Bonchev–Trinajstić information content (AvgIpc) is 3.40. The minimum Gasteiger partial charge on any atom is -0.496 e. The SMILES string of the molecule is CN=c1scc(-c2cc3ccccc3o2)n1/N=C/c1c(OC)ccc2ccccc12. The van der Waals surface area contributed by atoms with Gasteiger partial charge < -0.3 is 9.15 Å². The summed E-state index contributed by atoms with van der Waals surface area (Å²) in [5.74, 6) is 1.53. The predicted octanol–water partition coefficient (Wildman–Crippen LogP) is 5.54. The molecule has 0 aliphatic heterocycles. The maximum atomic E-state index is 6.07. The zero-order chi connectivity index (χ0) is 20.5. The molecule has 0 unspecified atom stereocenters.